The van der Waals surface area contributed by atoms with Crippen LogP contribution in [0.1, 0.15) is 11.3 Å². The van der Waals surface area contributed by atoms with Gasteiger partial charge in [0, 0.05) is 49.4 Å². The first-order valence-electron chi connectivity index (χ1n) is 9.13. The number of nitrogens with zero attached hydrogens (tertiary/aromatic N) is 3. The van der Waals surface area contributed by atoms with Crippen molar-refractivity contribution in [1.29, 1.82) is 0 Å². The van der Waals surface area contributed by atoms with E-state index in [1.165, 1.54) is 29.2 Å². The van der Waals surface area contributed by atoms with Gasteiger partial charge in [-0.15, -0.1) is 11.3 Å². The normalized spacial score (nSPS) is 15.8. The van der Waals surface area contributed by atoms with Gasteiger partial charge < -0.3 is 4.90 Å². The van der Waals surface area contributed by atoms with Crippen molar-refractivity contribution in [1.82, 2.24) is 9.88 Å². The molecule has 2 heterocycles. The molecule has 0 spiro atoms. The number of halogens is 3. The molecule has 1 saturated heterocycles. The molecule has 0 unspecified atom stereocenters. The molecule has 3 nitrogen and oxygen atoms in total. The highest BCUT2D eigenvalue weighted by molar-refractivity contribution is 7.13. The predicted octanol–water partition coefficient (Wildman–Crippen LogP) is 5.15. The fourth-order valence-corrected chi connectivity index (χ4v) is 4.16. The van der Waals surface area contributed by atoms with E-state index in [9.17, 15) is 13.2 Å². The van der Waals surface area contributed by atoms with E-state index >= 15 is 0 Å². The van der Waals surface area contributed by atoms with Crippen molar-refractivity contribution in [2.24, 2.45) is 0 Å². The van der Waals surface area contributed by atoms with Gasteiger partial charge in [0.1, 0.15) is 5.01 Å². The topological polar surface area (TPSA) is 19.4 Å². The third-order valence-electron chi connectivity index (χ3n) is 4.89. The van der Waals surface area contributed by atoms with Crippen LogP contribution in [0.25, 0.3) is 10.6 Å². The van der Waals surface area contributed by atoms with Crippen molar-refractivity contribution in [3.05, 3.63) is 71.2 Å². The van der Waals surface area contributed by atoms with Crippen molar-refractivity contribution in [3.8, 4) is 10.6 Å². The summed E-state index contributed by atoms with van der Waals surface area (Å²) in [5.74, 6) is 0. The summed E-state index contributed by atoms with van der Waals surface area (Å²) in [4.78, 5) is 9.37. The first kappa shape index (κ1) is 19.0. The lowest BCUT2D eigenvalue weighted by molar-refractivity contribution is -0.137. The minimum Gasteiger partial charge on any atom is -0.369 e. The molecule has 1 aliphatic heterocycles. The molecule has 0 radical (unpaired) electrons. The highest BCUT2D eigenvalue weighted by Crippen LogP contribution is 2.32. The maximum atomic E-state index is 12.7. The molecule has 1 aliphatic rings. The van der Waals surface area contributed by atoms with Gasteiger partial charge in [0.25, 0.3) is 0 Å². The highest BCUT2D eigenvalue weighted by atomic mass is 32.1. The first-order chi connectivity index (χ1) is 13.5. The van der Waals surface area contributed by atoms with E-state index in [2.05, 4.69) is 39.0 Å². The zero-order valence-corrected chi connectivity index (χ0v) is 16.0. The van der Waals surface area contributed by atoms with Crippen molar-refractivity contribution in [2.45, 2.75) is 12.7 Å². The quantitative estimate of drug-likeness (QED) is 0.601. The van der Waals surface area contributed by atoms with Gasteiger partial charge in [0.15, 0.2) is 0 Å². The molecule has 0 atom stereocenters. The van der Waals surface area contributed by atoms with Gasteiger partial charge in [-0.2, -0.15) is 13.2 Å². The van der Waals surface area contributed by atoms with Crippen LogP contribution in [-0.2, 0) is 12.7 Å². The zero-order chi connectivity index (χ0) is 19.6. The van der Waals surface area contributed by atoms with Crippen LogP contribution in [0.15, 0.2) is 60.0 Å². The molecule has 28 heavy (non-hydrogen) atoms. The molecule has 2 aromatic carbocycles. The van der Waals surface area contributed by atoms with Crippen molar-refractivity contribution >= 4 is 17.0 Å². The number of alkyl halides is 3. The standard InChI is InChI=1S/C21H20F3N3S/c22-21(23,24)17-8-6-16(7-9-17)20-25-18(15-28-20)14-26-10-12-27(13-11-26)19-4-2-1-3-5-19/h1-9,15H,10-14H2. The van der Waals surface area contributed by atoms with Crippen LogP contribution in [0.5, 0.6) is 0 Å². The molecule has 0 amide bonds. The Morgan fingerprint density at radius 2 is 1.57 bits per heavy atom. The number of hydrogen-bond donors (Lipinski definition) is 0. The molecule has 3 aromatic rings. The van der Waals surface area contributed by atoms with Gasteiger partial charge in [0.05, 0.1) is 11.3 Å². The molecule has 1 fully saturated rings. The summed E-state index contributed by atoms with van der Waals surface area (Å²) in [5.41, 5.74) is 2.30. The molecule has 0 saturated carbocycles. The number of anilines is 1. The van der Waals surface area contributed by atoms with Crippen LogP contribution in [-0.4, -0.2) is 36.1 Å². The summed E-state index contributed by atoms with van der Waals surface area (Å²) in [6.45, 7) is 4.63. The Hall–Kier alpha value is -2.38. The Morgan fingerprint density at radius 3 is 2.21 bits per heavy atom. The van der Waals surface area contributed by atoms with Gasteiger partial charge in [-0.1, -0.05) is 30.3 Å². The van der Waals surface area contributed by atoms with E-state index in [-0.39, 0.29) is 0 Å². The van der Waals surface area contributed by atoms with Crippen LogP contribution in [0, 0.1) is 0 Å². The smallest absolute Gasteiger partial charge is 0.369 e. The molecule has 1 aromatic heterocycles. The molecular weight excluding hydrogens is 383 g/mol. The number of benzene rings is 2. The van der Waals surface area contributed by atoms with Gasteiger partial charge in [-0.3, -0.25) is 4.90 Å². The lowest BCUT2D eigenvalue weighted by atomic mass is 10.1. The Morgan fingerprint density at radius 1 is 0.893 bits per heavy atom. The minimum atomic E-state index is -4.31. The first-order valence-corrected chi connectivity index (χ1v) is 10.0. The Labute approximate surface area is 166 Å². The lowest BCUT2D eigenvalue weighted by Gasteiger charge is -2.35. The summed E-state index contributed by atoms with van der Waals surface area (Å²) < 4.78 is 38.1. The van der Waals surface area contributed by atoms with E-state index < -0.39 is 11.7 Å². The zero-order valence-electron chi connectivity index (χ0n) is 15.2. The molecular formula is C21H20F3N3S. The van der Waals surface area contributed by atoms with Crippen molar-refractivity contribution in [2.75, 3.05) is 31.1 Å². The summed E-state index contributed by atoms with van der Waals surface area (Å²) in [7, 11) is 0. The van der Waals surface area contributed by atoms with Gasteiger partial charge >= 0.3 is 6.18 Å². The Balaban J connectivity index is 1.35. The van der Waals surface area contributed by atoms with Crippen LogP contribution in [0.3, 0.4) is 0 Å². The largest absolute Gasteiger partial charge is 0.416 e. The highest BCUT2D eigenvalue weighted by Gasteiger charge is 2.30. The Bertz CT molecular complexity index is 899. The number of hydrogen-bond acceptors (Lipinski definition) is 4. The maximum absolute atomic E-state index is 12.7. The summed E-state index contributed by atoms with van der Waals surface area (Å²) in [6.07, 6.45) is -4.31. The second kappa shape index (κ2) is 7.93. The number of rotatable bonds is 4. The van der Waals surface area contributed by atoms with Crippen LogP contribution < -0.4 is 4.90 Å². The average Bonchev–Trinajstić information content (AvgIpc) is 3.17. The molecule has 7 heteroatoms. The fourth-order valence-electron chi connectivity index (χ4n) is 3.35. The number of thiazole rings is 1. The maximum Gasteiger partial charge on any atom is 0.416 e. The Kier molecular flexibility index (Phi) is 5.37. The van der Waals surface area contributed by atoms with Gasteiger partial charge in [0.2, 0.25) is 0 Å². The number of aromatic nitrogens is 1. The van der Waals surface area contributed by atoms with Gasteiger partial charge in [-0.25, -0.2) is 4.98 Å². The van der Waals surface area contributed by atoms with Crippen molar-refractivity contribution < 1.29 is 13.2 Å². The van der Waals surface area contributed by atoms with E-state index in [4.69, 9.17) is 0 Å². The average molecular weight is 403 g/mol. The monoisotopic (exact) mass is 403 g/mol. The summed E-state index contributed by atoms with van der Waals surface area (Å²) >= 11 is 1.47. The SMILES string of the molecule is FC(F)(F)c1ccc(-c2nc(CN3CCN(c4ccccc4)CC3)cs2)cc1. The molecule has 0 bridgehead atoms. The van der Waals surface area contributed by atoms with Crippen LogP contribution in [0.4, 0.5) is 18.9 Å². The molecule has 146 valence electrons. The summed E-state index contributed by atoms with van der Waals surface area (Å²) in [5, 5.41) is 2.75. The van der Waals surface area contributed by atoms with Crippen LogP contribution in [0.2, 0.25) is 0 Å². The predicted molar refractivity (Wildman–Crippen MR) is 106 cm³/mol. The van der Waals surface area contributed by atoms with E-state index in [0.29, 0.717) is 0 Å². The second-order valence-corrected chi connectivity index (χ2v) is 7.68. The molecule has 4 rings (SSSR count). The van der Waals surface area contributed by atoms with Crippen molar-refractivity contribution in [3.63, 3.8) is 0 Å². The lowest BCUT2D eigenvalue weighted by Crippen LogP contribution is -2.46. The molecule has 0 N–H and O–H groups in total. The van der Waals surface area contributed by atoms with Gasteiger partial charge in [-0.05, 0) is 24.3 Å². The molecule has 0 aliphatic carbocycles. The minimum absolute atomic E-state index is 0.635. The number of para-hydroxylation sites is 1. The van der Waals surface area contributed by atoms with E-state index in [1.54, 1.807) is 0 Å². The second-order valence-electron chi connectivity index (χ2n) is 6.82. The number of piperazine rings is 1. The third kappa shape index (κ3) is 4.36. The van der Waals surface area contributed by atoms with E-state index in [1.807, 2.05) is 11.4 Å². The van der Waals surface area contributed by atoms with Crippen LogP contribution >= 0.6 is 11.3 Å². The van der Waals surface area contributed by atoms with E-state index in [0.717, 1.165) is 61.1 Å². The summed E-state index contributed by atoms with van der Waals surface area (Å²) in [6, 6.07) is 15.6. The fraction of sp³-hybridized carbons (Fsp3) is 0.286. The third-order valence-corrected chi connectivity index (χ3v) is 5.83.